The molecule has 2 N–H and O–H groups in total. The number of anilines is 2. The van der Waals surface area contributed by atoms with E-state index in [1.165, 1.54) is 35.9 Å². The molecule has 0 aliphatic carbocycles. The summed E-state index contributed by atoms with van der Waals surface area (Å²) in [7, 11) is -3.32. The summed E-state index contributed by atoms with van der Waals surface area (Å²) >= 11 is 5.00. The summed E-state index contributed by atoms with van der Waals surface area (Å²) in [5.41, 5.74) is 2.74. The Kier molecular flexibility index (Phi) is 10.7. The molecule has 2 aromatic heterocycles. The quantitative estimate of drug-likeness (QED) is 0.108. The van der Waals surface area contributed by atoms with Crippen LogP contribution in [0.5, 0.6) is 5.75 Å². The van der Waals surface area contributed by atoms with E-state index in [2.05, 4.69) is 41.5 Å². The van der Waals surface area contributed by atoms with Gasteiger partial charge in [-0.05, 0) is 83.0 Å². The van der Waals surface area contributed by atoms with Crippen molar-refractivity contribution in [3.05, 3.63) is 123 Å². The molecule has 0 spiro atoms. The van der Waals surface area contributed by atoms with Crippen LogP contribution >= 0.6 is 27.3 Å². The Morgan fingerprint density at radius 2 is 1.77 bits per heavy atom. The third-order valence-corrected chi connectivity index (χ3v) is 10.7. The summed E-state index contributed by atoms with van der Waals surface area (Å²) < 4.78 is 60.2. The highest BCUT2D eigenvalue weighted by molar-refractivity contribution is 9.10. The summed E-state index contributed by atoms with van der Waals surface area (Å²) in [6.45, 7) is 1.20. The molecule has 8 nitrogen and oxygen atoms in total. The fourth-order valence-electron chi connectivity index (χ4n) is 4.98. The molecule has 48 heavy (non-hydrogen) atoms. The second-order valence-electron chi connectivity index (χ2n) is 10.9. The molecule has 6 rings (SSSR count). The number of benzene rings is 4. The SMILES string of the molecule is O=S(=O)(CCNCCCc1nc(-c2cc3c(Nc4ccc(OCc5cccc(F)c5)c(Br)c4)ncnc3cc2F)cs1)c1ccccc1. The van der Waals surface area contributed by atoms with Crippen molar-refractivity contribution >= 4 is 59.5 Å². The van der Waals surface area contributed by atoms with Gasteiger partial charge in [0, 0.05) is 41.0 Å². The van der Waals surface area contributed by atoms with Gasteiger partial charge in [0.2, 0.25) is 0 Å². The number of nitrogens with one attached hydrogen (secondary N) is 2. The van der Waals surface area contributed by atoms with Crippen molar-refractivity contribution in [2.24, 2.45) is 0 Å². The van der Waals surface area contributed by atoms with Crippen LogP contribution in [0.2, 0.25) is 0 Å². The molecular weight excluding hydrogens is 720 g/mol. The minimum atomic E-state index is -3.32. The van der Waals surface area contributed by atoms with Crippen molar-refractivity contribution < 1.29 is 21.9 Å². The lowest BCUT2D eigenvalue weighted by Crippen LogP contribution is -2.24. The number of aryl methyl sites for hydroxylation is 1. The molecule has 0 bridgehead atoms. The van der Waals surface area contributed by atoms with Crippen LogP contribution in [0.4, 0.5) is 20.3 Å². The van der Waals surface area contributed by atoms with E-state index in [0.717, 1.165) is 11.4 Å². The summed E-state index contributed by atoms with van der Waals surface area (Å²) in [5.74, 6) is 0.356. The van der Waals surface area contributed by atoms with Crippen molar-refractivity contribution in [1.29, 1.82) is 0 Å². The van der Waals surface area contributed by atoms with Crippen LogP contribution in [-0.2, 0) is 22.9 Å². The Labute approximate surface area is 289 Å². The Bertz CT molecular complexity index is 2150. The fourth-order valence-corrected chi connectivity index (χ4v) is 7.54. The Morgan fingerprint density at radius 1 is 0.917 bits per heavy atom. The Morgan fingerprint density at radius 3 is 2.58 bits per heavy atom. The first-order chi connectivity index (χ1) is 23.2. The van der Waals surface area contributed by atoms with Gasteiger partial charge < -0.3 is 15.4 Å². The summed E-state index contributed by atoms with van der Waals surface area (Å²) in [6, 6.07) is 23.2. The van der Waals surface area contributed by atoms with Crippen molar-refractivity contribution in [1.82, 2.24) is 20.3 Å². The van der Waals surface area contributed by atoms with Crippen molar-refractivity contribution in [2.45, 2.75) is 24.3 Å². The van der Waals surface area contributed by atoms with E-state index >= 15 is 4.39 Å². The molecule has 0 atom stereocenters. The predicted molar refractivity (Wildman–Crippen MR) is 188 cm³/mol. The highest BCUT2D eigenvalue weighted by atomic mass is 79.9. The lowest BCUT2D eigenvalue weighted by Gasteiger charge is -2.13. The largest absolute Gasteiger partial charge is 0.488 e. The molecule has 2 heterocycles. The molecule has 0 radical (unpaired) electrons. The molecule has 246 valence electrons. The van der Waals surface area contributed by atoms with Gasteiger partial charge in [0.15, 0.2) is 9.84 Å². The second kappa shape index (κ2) is 15.3. The maximum Gasteiger partial charge on any atom is 0.179 e. The zero-order valence-electron chi connectivity index (χ0n) is 25.5. The smallest absolute Gasteiger partial charge is 0.179 e. The Hall–Kier alpha value is -4.30. The molecule has 0 fully saturated rings. The number of sulfone groups is 1. The molecule has 4 aromatic carbocycles. The number of halogens is 3. The van der Waals surface area contributed by atoms with Crippen LogP contribution < -0.4 is 15.4 Å². The number of fused-ring (bicyclic) bond motifs is 1. The third kappa shape index (κ3) is 8.40. The second-order valence-corrected chi connectivity index (χ2v) is 14.8. The minimum Gasteiger partial charge on any atom is -0.488 e. The molecule has 0 aliphatic rings. The van der Waals surface area contributed by atoms with Crippen LogP contribution in [0.15, 0.2) is 106 Å². The van der Waals surface area contributed by atoms with Gasteiger partial charge in [0.1, 0.15) is 36.1 Å². The van der Waals surface area contributed by atoms with Crippen molar-refractivity contribution in [3.63, 3.8) is 0 Å². The Balaban J connectivity index is 1.08. The summed E-state index contributed by atoms with van der Waals surface area (Å²) in [6.07, 6.45) is 2.80. The average molecular weight is 751 g/mol. The summed E-state index contributed by atoms with van der Waals surface area (Å²) in [4.78, 5) is 13.7. The number of nitrogens with zero attached hydrogens (tertiary/aromatic N) is 3. The zero-order valence-corrected chi connectivity index (χ0v) is 28.7. The van der Waals surface area contributed by atoms with E-state index in [1.54, 1.807) is 54.6 Å². The van der Waals surface area contributed by atoms with E-state index < -0.39 is 15.7 Å². The highest BCUT2D eigenvalue weighted by Gasteiger charge is 2.16. The molecule has 0 saturated carbocycles. The van der Waals surface area contributed by atoms with Crippen LogP contribution in [0.3, 0.4) is 0 Å². The maximum atomic E-state index is 15.3. The van der Waals surface area contributed by atoms with Gasteiger partial charge >= 0.3 is 0 Å². The number of aromatic nitrogens is 3. The first-order valence-electron chi connectivity index (χ1n) is 15.1. The zero-order chi connectivity index (χ0) is 33.5. The normalized spacial score (nSPS) is 11.6. The lowest BCUT2D eigenvalue weighted by molar-refractivity contribution is 0.303. The van der Waals surface area contributed by atoms with Crippen molar-refractivity contribution in [2.75, 3.05) is 24.2 Å². The number of hydrogen-bond donors (Lipinski definition) is 2. The first kappa shape index (κ1) is 33.6. The van der Waals surface area contributed by atoms with Crippen LogP contribution in [-0.4, -0.2) is 42.2 Å². The van der Waals surface area contributed by atoms with Gasteiger partial charge in [-0.25, -0.2) is 32.2 Å². The van der Waals surface area contributed by atoms with E-state index in [9.17, 15) is 12.8 Å². The molecule has 0 saturated heterocycles. The van der Waals surface area contributed by atoms with Gasteiger partial charge in [0.25, 0.3) is 0 Å². The number of ether oxygens (including phenoxy) is 1. The first-order valence-corrected chi connectivity index (χ1v) is 18.4. The van der Waals surface area contributed by atoms with E-state index in [-0.39, 0.29) is 18.2 Å². The average Bonchev–Trinajstić information content (AvgIpc) is 3.55. The number of thiazole rings is 1. The summed E-state index contributed by atoms with van der Waals surface area (Å²) in [5, 5.41) is 9.79. The van der Waals surface area contributed by atoms with Gasteiger partial charge in [-0.2, -0.15) is 0 Å². The maximum absolute atomic E-state index is 15.3. The number of rotatable bonds is 14. The van der Waals surface area contributed by atoms with Crippen LogP contribution in [0.25, 0.3) is 22.2 Å². The van der Waals surface area contributed by atoms with Gasteiger partial charge in [-0.3, -0.25) is 0 Å². The molecule has 0 amide bonds. The van der Waals surface area contributed by atoms with E-state index in [4.69, 9.17) is 4.74 Å². The van der Waals surface area contributed by atoms with E-state index in [1.807, 2.05) is 17.5 Å². The van der Waals surface area contributed by atoms with Gasteiger partial charge in [-0.1, -0.05) is 30.3 Å². The van der Waals surface area contributed by atoms with Crippen LogP contribution in [0, 0.1) is 11.6 Å². The standard InChI is InChI=1S/C35H30BrF2N5O3S2/c36-29-17-25(11-12-33(29)46-20-23-6-4-7-24(37)16-23)42-35-28-18-27(30(38)19-31(28)40-22-41-35)32-21-47-34(43-32)10-5-13-39-14-15-48(44,45)26-8-2-1-3-9-26/h1-4,6-9,11-12,16-19,21-22,39H,5,10,13-15,20H2,(H,40,41,42). The predicted octanol–water partition coefficient (Wildman–Crippen LogP) is 8.11. The van der Waals surface area contributed by atoms with Crippen molar-refractivity contribution in [3.8, 4) is 17.0 Å². The fraction of sp³-hybridized carbons (Fsp3) is 0.171. The van der Waals surface area contributed by atoms with Crippen LogP contribution in [0.1, 0.15) is 17.0 Å². The number of hydrogen-bond acceptors (Lipinski definition) is 9. The molecule has 13 heteroatoms. The van der Waals surface area contributed by atoms with Gasteiger partial charge in [-0.15, -0.1) is 11.3 Å². The molecule has 6 aromatic rings. The highest BCUT2D eigenvalue weighted by Crippen LogP contribution is 2.34. The molecular formula is C35H30BrF2N5O3S2. The van der Waals surface area contributed by atoms with Gasteiger partial charge in [0.05, 0.1) is 31.3 Å². The topological polar surface area (TPSA) is 106 Å². The lowest BCUT2D eigenvalue weighted by atomic mass is 10.1. The third-order valence-electron chi connectivity index (χ3n) is 7.42. The molecule has 0 unspecified atom stereocenters. The monoisotopic (exact) mass is 749 g/mol. The minimum absolute atomic E-state index is 0.0230. The van der Waals surface area contributed by atoms with E-state index in [0.29, 0.717) is 73.9 Å². The molecule has 0 aliphatic heterocycles.